The number of fused-ring (bicyclic) bond motifs is 1. The van der Waals surface area contributed by atoms with Gasteiger partial charge in [-0.05, 0) is 29.8 Å². The summed E-state index contributed by atoms with van der Waals surface area (Å²) in [5.74, 6) is -1.38. The Bertz CT molecular complexity index is 1210. The van der Waals surface area contributed by atoms with Gasteiger partial charge in [-0.1, -0.05) is 35.9 Å². The molecule has 0 atom stereocenters. The lowest BCUT2D eigenvalue weighted by molar-refractivity contribution is 0.0699. The number of carbonyl (C=O) groups excluding carboxylic acids is 1. The number of hydrogen-bond acceptors (Lipinski definition) is 4. The molecule has 0 unspecified atom stereocenters. The highest BCUT2D eigenvalue weighted by molar-refractivity contribution is 7.14. The molecule has 0 bridgehead atoms. The van der Waals surface area contributed by atoms with Crippen molar-refractivity contribution in [3.05, 3.63) is 70.3 Å². The average molecular weight is 412 g/mol. The second-order valence-corrected chi connectivity index (χ2v) is 7.42. The van der Waals surface area contributed by atoms with Crippen molar-refractivity contribution in [1.82, 2.24) is 9.55 Å². The van der Waals surface area contributed by atoms with Crippen molar-refractivity contribution in [3.8, 4) is 10.4 Å². The molecule has 0 aliphatic carbocycles. The topological polar surface area (TPSA) is 84.2 Å². The van der Waals surface area contributed by atoms with Gasteiger partial charge < -0.3 is 15.0 Å². The van der Waals surface area contributed by atoms with Crippen LogP contribution in [0.15, 0.2) is 53.9 Å². The molecule has 0 saturated heterocycles. The monoisotopic (exact) mass is 411 g/mol. The molecule has 0 aliphatic rings. The first-order valence-electron chi connectivity index (χ1n) is 8.29. The van der Waals surface area contributed by atoms with Crippen molar-refractivity contribution < 1.29 is 14.7 Å². The van der Waals surface area contributed by atoms with E-state index in [2.05, 4.69) is 10.3 Å². The Labute approximate surface area is 169 Å². The number of carboxylic acids is 1. The van der Waals surface area contributed by atoms with Crippen LogP contribution in [0.5, 0.6) is 0 Å². The lowest BCUT2D eigenvalue weighted by Crippen LogP contribution is -2.18. The van der Waals surface area contributed by atoms with Crippen LogP contribution in [0, 0.1) is 0 Å². The maximum Gasteiger partial charge on any atom is 0.339 e. The number of carboxylic acid groups (broad SMARTS) is 1. The van der Waals surface area contributed by atoms with E-state index >= 15 is 0 Å². The van der Waals surface area contributed by atoms with Crippen LogP contribution in [-0.2, 0) is 7.05 Å². The van der Waals surface area contributed by atoms with Gasteiger partial charge in [-0.25, -0.2) is 9.78 Å². The zero-order chi connectivity index (χ0) is 19.8. The highest BCUT2D eigenvalue weighted by Gasteiger charge is 2.23. The fourth-order valence-corrected chi connectivity index (χ4v) is 4.13. The molecule has 0 fully saturated rings. The van der Waals surface area contributed by atoms with Gasteiger partial charge in [-0.2, -0.15) is 0 Å². The number of para-hydroxylation sites is 2. The molecule has 2 aromatic heterocycles. The van der Waals surface area contributed by atoms with Crippen LogP contribution in [0.4, 0.5) is 5.69 Å². The zero-order valence-corrected chi connectivity index (χ0v) is 16.2. The number of imidazole rings is 1. The quantitative estimate of drug-likeness (QED) is 0.500. The molecular weight excluding hydrogens is 398 g/mol. The molecule has 0 spiro atoms. The number of rotatable bonds is 4. The molecule has 4 rings (SSSR count). The molecule has 4 aromatic rings. The van der Waals surface area contributed by atoms with Crippen LogP contribution in [0.3, 0.4) is 0 Å². The minimum absolute atomic E-state index is 0.0411. The minimum Gasteiger partial charge on any atom is -0.478 e. The third kappa shape index (κ3) is 3.15. The van der Waals surface area contributed by atoms with Gasteiger partial charge in [-0.3, -0.25) is 4.79 Å². The molecule has 0 aliphatic heterocycles. The van der Waals surface area contributed by atoms with Crippen LogP contribution in [-0.4, -0.2) is 26.5 Å². The zero-order valence-electron chi connectivity index (χ0n) is 14.6. The van der Waals surface area contributed by atoms with Crippen molar-refractivity contribution in [2.24, 2.45) is 7.05 Å². The third-order valence-corrected chi connectivity index (χ3v) is 5.63. The van der Waals surface area contributed by atoms with Crippen molar-refractivity contribution >= 4 is 51.5 Å². The highest BCUT2D eigenvalue weighted by atomic mass is 35.5. The van der Waals surface area contributed by atoms with E-state index in [9.17, 15) is 14.7 Å². The second kappa shape index (κ2) is 7.10. The number of halogens is 1. The minimum atomic E-state index is -1.12. The van der Waals surface area contributed by atoms with Gasteiger partial charge >= 0.3 is 5.97 Å². The molecule has 2 N–H and O–H groups in total. The summed E-state index contributed by atoms with van der Waals surface area (Å²) in [6.45, 7) is 0. The predicted molar refractivity (Wildman–Crippen MR) is 110 cm³/mol. The van der Waals surface area contributed by atoms with Crippen molar-refractivity contribution in [2.45, 2.75) is 0 Å². The van der Waals surface area contributed by atoms with Crippen LogP contribution in [0.2, 0.25) is 5.02 Å². The van der Waals surface area contributed by atoms with E-state index in [0.29, 0.717) is 15.4 Å². The fourth-order valence-electron chi connectivity index (χ4n) is 3.00. The third-order valence-electron chi connectivity index (χ3n) is 4.35. The number of nitrogens with zero attached hydrogens (tertiary/aromatic N) is 2. The molecule has 0 radical (unpaired) electrons. The molecule has 8 heteroatoms. The Morgan fingerprint density at radius 2 is 1.86 bits per heavy atom. The molecular formula is C20H14ClN3O3S. The van der Waals surface area contributed by atoms with Crippen LogP contribution in [0.25, 0.3) is 21.5 Å². The number of aryl methyl sites for hydroxylation is 1. The lowest BCUT2D eigenvalue weighted by atomic mass is 10.1. The summed E-state index contributed by atoms with van der Waals surface area (Å²) >= 11 is 7.16. The summed E-state index contributed by atoms with van der Waals surface area (Å²) in [6, 6.07) is 14.3. The number of benzene rings is 2. The van der Waals surface area contributed by atoms with Crippen LogP contribution >= 0.6 is 22.9 Å². The van der Waals surface area contributed by atoms with E-state index in [1.54, 1.807) is 41.3 Å². The number of amides is 1. The van der Waals surface area contributed by atoms with Crippen molar-refractivity contribution in [1.29, 1.82) is 0 Å². The van der Waals surface area contributed by atoms with E-state index < -0.39 is 11.9 Å². The number of nitrogens with one attached hydrogen (secondary N) is 1. The SMILES string of the molecule is Cn1c(C(=O)Nc2csc(-c3ccc(Cl)cc3)c2C(=O)O)nc2ccccc21. The van der Waals surface area contributed by atoms with E-state index in [-0.39, 0.29) is 17.1 Å². The Hall–Kier alpha value is -3.16. The first kappa shape index (κ1) is 18.2. The predicted octanol–water partition coefficient (Wildman–Crippen LogP) is 4.91. The Kier molecular flexibility index (Phi) is 4.62. The van der Waals surface area contributed by atoms with Gasteiger partial charge in [0.15, 0.2) is 5.82 Å². The number of aromatic carboxylic acids is 1. The second-order valence-electron chi connectivity index (χ2n) is 6.10. The van der Waals surface area contributed by atoms with E-state index in [1.807, 2.05) is 24.3 Å². The number of aromatic nitrogens is 2. The summed E-state index contributed by atoms with van der Waals surface area (Å²) in [6.07, 6.45) is 0. The van der Waals surface area contributed by atoms with Crippen molar-refractivity contribution in [3.63, 3.8) is 0 Å². The molecule has 0 saturated carbocycles. The lowest BCUT2D eigenvalue weighted by Gasteiger charge is -2.06. The molecule has 6 nitrogen and oxygen atoms in total. The summed E-state index contributed by atoms with van der Waals surface area (Å²) in [5.41, 5.74) is 2.51. The van der Waals surface area contributed by atoms with E-state index in [4.69, 9.17) is 11.6 Å². The Balaban J connectivity index is 1.71. The summed E-state index contributed by atoms with van der Waals surface area (Å²) in [7, 11) is 1.75. The Morgan fingerprint density at radius 1 is 1.14 bits per heavy atom. The standard InChI is InChI=1S/C20H14ClN3O3S/c1-24-15-5-3-2-4-13(15)22-18(24)19(25)23-14-10-28-17(16(14)20(26)27)11-6-8-12(21)9-7-11/h2-10H,1H3,(H,23,25)(H,26,27). The molecule has 28 heavy (non-hydrogen) atoms. The maximum absolute atomic E-state index is 12.8. The maximum atomic E-state index is 12.8. The summed E-state index contributed by atoms with van der Waals surface area (Å²) < 4.78 is 1.68. The van der Waals surface area contributed by atoms with E-state index in [1.165, 1.54) is 11.3 Å². The van der Waals surface area contributed by atoms with Crippen LogP contribution in [0.1, 0.15) is 21.0 Å². The average Bonchev–Trinajstić information content (AvgIpc) is 3.24. The smallest absolute Gasteiger partial charge is 0.339 e. The van der Waals surface area contributed by atoms with Gasteiger partial charge in [0, 0.05) is 17.5 Å². The number of anilines is 1. The number of carbonyl (C=O) groups is 2. The molecule has 2 heterocycles. The van der Waals surface area contributed by atoms with Crippen molar-refractivity contribution in [2.75, 3.05) is 5.32 Å². The first-order chi connectivity index (χ1) is 13.5. The molecule has 1 amide bonds. The Morgan fingerprint density at radius 3 is 2.54 bits per heavy atom. The number of hydrogen-bond donors (Lipinski definition) is 2. The number of thiophene rings is 1. The van der Waals surface area contributed by atoms with Gasteiger partial charge in [0.2, 0.25) is 0 Å². The van der Waals surface area contributed by atoms with Gasteiger partial charge in [-0.15, -0.1) is 11.3 Å². The van der Waals surface area contributed by atoms with Gasteiger partial charge in [0.05, 0.1) is 21.6 Å². The molecule has 2 aromatic carbocycles. The van der Waals surface area contributed by atoms with Gasteiger partial charge in [0.1, 0.15) is 5.56 Å². The molecule has 140 valence electrons. The largest absolute Gasteiger partial charge is 0.478 e. The highest BCUT2D eigenvalue weighted by Crippen LogP contribution is 2.36. The first-order valence-corrected chi connectivity index (χ1v) is 9.55. The summed E-state index contributed by atoms with van der Waals surface area (Å²) in [5, 5.41) is 14.6. The van der Waals surface area contributed by atoms with Gasteiger partial charge in [0.25, 0.3) is 5.91 Å². The fraction of sp³-hybridized carbons (Fsp3) is 0.0500. The van der Waals surface area contributed by atoms with E-state index in [0.717, 1.165) is 11.1 Å². The van der Waals surface area contributed by atoms with Crippen LogP contribution < -0.4 is 5.32 Å². The summed E-state index contributed by atoms with van der Waals surface area (Å²) in [4.78, 5) is 29.5. The normalized spacial score (nSPS) is 10.9.